The van der Waals surface area contributed by atoms with E-state index in [-0.39, 0.29) is 12.1 Å². The second-order valence-corrected chi connectivity index (χ2v) is 7.49. The van der Waals surface area contributed by atoms with Crippen LogP contribution in [0.25, 0.3) is 0 Å². The Morgan fingerprint density at radius 2 is 2.04 bits per heavy atom. The molecule has 2 aliphatic rings. The Hall–Kier alpha value is -1.55. The number of benzene rings is 1. The first-order valence-electron chi connectivity index (χ1n) is 9.37. The lowest BCUT2D eigenvalue weighted by molar-refractivity contribution is 0.0212. The summed E-state index contributed by atoms with van der Waals surface area (Å²) in [6, 6.07) is 10.7. The quantitative estimate of drug-likeness (QED) is 0.892. The van der Waals surface area contributed by atoms with Crippen LogP contribution in [-0.2, 0) is 11.3 Å². The molecular formula is C20H30N2O2. The molecule has 0 aromatic heterocycles. The van der Waals surface area contributed by atoms with E-state index in [0.29, 0.717) is 18.6 Å². The Balaban J connectivity index is 1.50. The Morgan fingerprint density at radius 3 is 2.67 bits per heavy atom. The second-order valence-electron chi connectivity index (χ2n) is 7.49. The lowest BCUT2D eigenvalue weighted by atomic mass is 9.78. The van der Waals surface area contributed by atoms with Gasteiger partial charge < -0.3 is 10.1 Å². The molecule has 1 aromatic rings. The molecule has 0 radical (unpaired) electrons. The van der Waals surface area contributed by atoms with Crippen LogP contribution >= 0.6 is 0 Å². The molecule has 2 fully saturated rings. The molecule has 0 spiro atoms. The smallest absolute Gasteiger partial charge is 0.407 e. The molecule has 24 heavy (non-hydrogen) atoms. The lowest BCUT2D eigenvalue weighted by Crippen LogP contribution is -2.57. The summed E-state index contributed by atoms with van der Waals surface area (Å²) in [5, 5.41) is 3.10. The number of likely N-dealkylation sites (tertiary alicyclic amines) is 1. The van der Waals surface area contributed by atoms with Gasteiger partial charge in [-0.3, -0.25) is 4.90 Å². The van der Waals surface area contributed by atoms with Crippen LogP contribution in [0.4, 0.5) is 4.79 Å². The van der Waals surface area contributed by atoms with E-state index in [1.165, 1.54) is 25.8 Å². The van der Waals surface area contributed by atoms with Crippen molar-refractivity contribution in [3.05, 3.63) is 35.9 Å². The van der Waals surface area contributed by atoms with Gasteiger partial charge in [0.25, 0.3) is 0 Å². The third-order valence-corrected chi connectivity index (χ3v) is 5.72. The van der Waals surface area contributed by atoms with Gasteiger partial charge in [0.1, 0.15) is 6.61 Å². The van der Waals surface area contributed by atoms with Gasteiger partial charge in [0, 0.05) is 25.2 Å². The number of ether oxygens (including phenoxy) is 1. The van der Waals surface area contributed by atoms with E-state index < -0.39 is 0 Å². The van der Waals surface area contributed by atoms with Gasteiger partial charge in [-0.1, -0.05) is 50.6 Å². The van der Waals surface area contributed by atoms with E-state index >= 15 is 0 Å². The molecule has 1 aromatic carbocycles. The highest BCUT2D eigenvalue weighted by Gasteiger charge is 2.37. The van der Waals surface area contributed by atoms with Crippen LogP contribution in [0.3, 0.4) is 0 Å². The molecular weight excluding hydrogens is 300 g/mol. The highest BCUT2D eigenvalue weighted by Crippen LogP contribution is 2.34. The number of hydrogen-bond acceptors (Lipinski definition) is 3. The van der Waals surface area contributed by atoms with Crippen molar-refractivity contribution in [2.75, 3.05) is 13.1 Å². The molecule has 4 nitrogen and oxygen atoms in total. The first-order chi connectivity index (χ1) is 11.7. The molecule has 1 amide bonds. The number of amides is 1. The summed E-state index contributed by atoms with van der Waals surface area (Å²) in [6.45, 7) is 7.08. The number of hydrogen-bond donors (Lipinski definition) is 1. The zero-order valence-electron chi connectivity index (χ0n) is 14.9. The van der Waals surface area contributed by atoms with Crippen LogP contribution in [0.15, 0.2) is 30.3 Å². The summed E-state index contributed by atoms with van der Waals surface area (Å²) < 4.78 is 5.39. The Bertz CT molecular complexity index is 534. The van der Waals surface area contributed by atoms with Gasteiger partial charge in [0.05, 0.1) is 0 Å². The van der Waals surface area contributed by atoms with Crippen molar-refractivity contribution in [3.63, 3.8) is 0 Å². The van der Waals surface area contributed by atoms with Crippen LogP contribution in [0, 0.1) is 11.8 Å². The zero-order chi connectivity index (χ0) is 16.9. The van der Waals surface area contributed by atoms with Crippen LogP contribution in [0.1, 0.15) is 45.1 Å². The number of alkyl carbamates (subject to hydrolysis) is 1. The molecule has 1 saturated heterocycles. The van der Waals surface area contributed by atoms with E-state index in [9.17, 15) is 4.79 Å². The minimum absolute atomic E-state index is 0.208. The van der Waals surface area contributed by atoms with Crippen molar-refractivity contribution >= 4 is 6.09 Å². The van der Waals surface area contributed by atoms with Crippen molar-refractivity contribution in [2.45, 2.75) is 58.2 Å². The predicted molar refractivity (Wildman–Crippen MR) is 95.7 cm³/mol. The highest BCUT2D eigenvalue weighted by molar-refractivity contribution is 5.67. The number of nitrogens with one attached hydrogen (secondary N) is 1. The van der Waals surface area contributed by atoms with Gasteiger partial charge in [-0.05, 0) is 36.7 Å². The Labute approximate surface area is 145 Å². The van der Waals surface area contributed by atoms with E-state index in [1.54, 1.807) is 0 Å². The summed E-state index contributed by atoms with van der Waals surface area (Å²) in [6.07, 6.45) is 4.60. The maximum atomic E-state index is 12.2. The topological polar surface area (TPSA) is 41.6 Å². The molecule has 3 rings (SSSR count). The average Bonchev–Trinajstić information content (AvgIpc) is 2.59. The zero-order valence-corrected chi connectivity index (χ0v) is 14.9. The molecule has 4 heteroatoms. The van der Waals surface area contributed by atoms with E-state index in [4.69, 9.17) is 4.74 Å². The number of carbonyl (C=O) groups excluding carboxylic acids is 1. The number of carbonyl (C=O) groups is 1. The monoisotopic (exact) mass is 330 g/mol. The first kappa shape index (κ1) is 17.3. The van der Waals surface area contributed by atoms with Crippen LogP contribution in [0.2, 0.25) is 0 Å². The van der Waals surface area contributed by atoms with E-state index in [2.05, 4.69) is 24.1 Å². The highest BCUT2D eigenvalue weighted by atomic mass is 16.5. The van der Waals surface area contributed by atoms with Crippen molar-refractivity contribution in [1.82, 2.24) is 10.2 Å². The number of piperidine rings is 1. The third-order valence-electron chi connectivity index (χ3n) is 5.72. The van der Waals surface area contributed by atoms with Crippen molar-refractivity contribution in [3.8, 4) is 0 Å². The van der Waals surface area contributed by atoms with Gasteiger partial charge in [0.15, 0.2) is 0 Å². The molecule has 1 saturated carbocycles. The van der Waals surface area contributed by atoms with Gasteiger partial charge in [-0.2, -0.15) is 0 Å². The lowest BCUT2D eigenvalue weighted by Gasteiger charge is -2.48. The molecule has 4 atom stereocenters. The van der Waals surface area contributed by atoms with Crippen LogP contribution < -0.4 is 5.32 Å². The van der Waals surface area contributed by atoms with Crippen molar-refractivity contribution in [1.29, 1.82) is 0 Å². The first-order valence-corrected chi connectivity index (χ1v) is 9.37. The molecule has 4 unspecified atom stereocenters. The third kappa shape index (κ3) is 4.29. The predicted octanol–water partition coefficient (Wildman–Crippen LogP) is 3.81. The van der Waals surface area contributed by atoms with Crippen molar-refractivity contribution in [2.24, 2.45) is 11.8 Å². The maximum Gasteiger partial charge on any atom is 0.407 e. The van der Waals surface area contributed by atoms with Gasteiger partial charge >= 0.3 is 6.09 Å². The van der Waals surface area contributed by atoms with Crippen LogP contribution in [-0.4, -0.2) is 36.2 Å². The van der Waals surface area contributed by atoms with Gasteiger partial charge in [-0.15, -0.1) is 0 Å². The molecule has 1 heterocycles. The molecule has 1 aliphatic carbocycles. The van der Waals surface area contributed by atoms with E-state index in [0.717, 1.165) is 24.4 Å². The normalized spacial score (nSPS) is 30.4. The molecule has 132 valence electrons. The fourth-order valence-corrected chi connectivity index (χ4v) is 4.03. The summed E-state index contributed by atoms with van der Waals surface area (Å²) in [5.74, 6) is 1.47. The minimum Gasteiger partial charge on any atom is -0.445 e. The van der Waals surface area contributed by atoms with Crippen molar-refractivity contribution < 1.29 is 9.53 Å². The van der Waals surface area contributed by atoms with Gasteiger partial charge in [0.2, 0.25) is 0 Å². The Morgan fingerprint density at radius 1 is 1.25 bits per heavy atom. The summed E-state index contributed by atoms with van der Waals surface area (Å²) in [7, 11) is 0. The summed E-state index contributed by atoms with van der Waals surface area (Å²) in [4.78, 5) is 14.8. The SMILES string of the molecule is CCC1CC(NC(=O)OCc2ccccc2)CN(C2CCC2C)C1. The van der Waals surface area contributed by atoms with Gasteiger partial charge in [-0.25, -0.2) is 4.79 Å². The largest absolute Gasteiger partial charge is 0.445 e. The summed E-state index contributed by atoms with van der Waals surface area (Å²) >= 11 is 0. The Kier molecular flexibility index (Phi) is 5.77. The molecule has 0 bridgehead atoms. The number of rotatable bonds is 5. The minimum atomic E-state index is -0.290. The summed E-state index contributed by atoms with van der Waals surface area (Å²) in [5.41, 5.74) is 1.02. The maximum absolute atomic E-state index is 12.2. The number of nitrogens with zero attached hydrogens (tertiary/aromatic N) is 1. The second kappa shape index (κ2) is 8.02. The fourth-order valence-electron chi connectivity index (χ4n) is 4.03. The molecule has 1 aliphatic heterocycles. The molecule has 1 N–H and O–H groups in total. The average molecular weight is 330 g/mol. The van der Waals surface area contributed by atoms with E-state index in [1.807, 2.05) is 30.3 Å². The van der Waals surface area contributed by atoms with Crippen LogP contribution in [0.5, 0.6) is 0 Å². The standard InChI is InChI=1S/C20H30N2O2/c1-3-16-11-18(13-22(12-16)19-10-9-15(19)2)21-20(23)24-14-17-7-5-4-6-8-17/h4-8,15-16,18-19H,3,9-14H2,1-2H3,(H,21,23). The fraction of sp³-hybridized carbons (Fsp3) is 0.650.